The van der Waals surface area contributed by atoms with Gasteiger partial charge in [-0.25, -0.2) is 9.97 Å². The van der Waals surface area contributed by atoms with Crippen LogP contribution in [0.25, 0.3) is 0 Å². The lowest BCUT2D eigenvalue weighted by Crippen LogP contribution is -2.12. The quantitative estimate of drug-likeness (QED) is 0.850. The summed E-state index contributed by atoms with van der Waals surface area (Å²) >= 11 is 0. The Bertz CT molecular complexity index is 638. The molecule has 0 fully saturated rings. The second kappa shape index (κ2) is 5.24. The van der Waals surface area contributed by atoms with Crippen LogP contribution in [0.2, 0.25) is 0 Å². The van der Waals surface area contributed by atoms with Gasteiger partial charge >= 0.3 is 6.18 Å². The number of anilines is 1. The number of azo groups is 1. The molecular formula is C12H10F3N5. The molecule has 0 atom stereocenters. The normalized spacial score (nSPS) is 12.0. The lowest BCUT2D eigenvalue weighted by Gasteiger charge is -2.10. The van der Waals surface area contributed by atoms with Crippen molar-refractivity contribution in [2.75, 3.05) is 5.73 Å². The molecule has 2 N–H and O–H groups in total. The van der Waals surface area contributed by atoms with Gasteiger partial charge in [0.15, 0.2) is 17.2 Å². The first-order valence-corrected chi connectivity index (χ1v) is 5.56. The molecule has 0 saturated heterocycles. The van der Waals surface area contributed by atoms with Gasteiger partial charge < -0.3 is 5.73 Å². The van der Waals surface area contributed by atoms with Gasteiger partial charge in [0, 0.05) is 0 Å². The summed E-state index contributed by atoms with van der Waals surface area (Å²) in [6, 6.07) is 8.33. The molecule has 1 heterocycles. The molecule has 1 aromatic heterocycles. The van der Waals surface area contributed by atoms with Crippen LogP contribution in [0.5, 0.6) is 0 Å². The first-order chi connectivity index (χ1) is 9.38. The lowest BCUT2D eigenvalue weighted by atomic mass is 10.3. The summed E-state index contributed by atoms with van der Waals surface area (Å²) in [7, 11) is 0. The van der Waals surface area contributed by atoms with E-state index in [1.165, 1.54) is 6.92 Å². The van der Waals surface area contributed by atoms with Crippen molar-refractivity contribution in [2.45, 2.75) is 13.1 Å². The summed E-state index contributed by atoms with van der Waals surface area (Å²) < 4.78 is 38.7. The zero-order valence-electron chi connectivity index (χ0n) is 10.4. The molecule has 0 radical (unpaired) electrons. The third-order valence-electron chi connectivity index (χ3n) is 2.31. The van der Waals surface area contributed by atoms with E-state index in [1.54, 1.807) is 30.3 Å². The van der Waals surface area contributed by atoms with Crippen LogP contribution in [0.3, 0.4) is 0 Å². The fourth-order valence-corrected chi connectivity index (χ4v) is 1.49. The van der Waals surface area contributed by atoms with Crippen molar-refractivity contribution >= 4 is 17.2 Å². The summed E-state index contributed by atoms with van der Waals surface area (Å²) in [4.78, 5) is 7.02. The van der Waals surface area contributed by atoms with Crippen molar-refractivity contribution in [1.82, 2.24) is 9.97 Å². The van der Waals surface area contributed by atoms with E-state index in [0.717, 1.165) is 0 Å². The molecule has 0 aliphatic carbocycles. The van der Waals surface area contributed by atoms with Crippen molar-refractivity contribution in [1.29, 1.82) is 0 Å². The Morgan fingerprint density at radius 3 is 2.30 bits per heavy atom. The van der Waals surface area contributed by atoms with Gasteiger partial charge in [0.2, 0.25) is 0 Å². The number of nitrogen functional groups attached to an aromatic ring is 1. The minimum atomic E-state index is -4.67. The zero-order valence-corrected chi connectivity index (χ0v) is 10.4. The van der Waals surface area contributed by atoms with Crippen LogP contribution in [0.4, 0.5) is 30.4 Å². The molecule has 0 unspecified atom stereocenters. The summed E-state index contributed by atoms with van der Waals surface area (Å²) in [5.41, 5.74) is 4.11. The molecule has 8 heteroatoms. The first kappa shape index (κ1) is 13.9. The standard InChI is InChI=1S/C12H10F3N5/c1-7-17-10(12(13,14)15)9(11(16)18-7)20-19-8-5-3-2-4-6-8/h2-6H,1H3,(H2,16,17,18)/b20-19+. The molecule has 0 bridgehead atoms. The Morgan fingerprint density at radius 1 is 1.05 bits per heavy atom. The number of aryl methyl sites for hydroxylation is 1. The zero-order chi connectivity index (χ0) is 14.8. The molecular weight excluding hydrogens is 271 g/mol. The fourth-order valence-electron chi connectivity index (χ4n) is 1.49. The summed E-state index contributed by atoms with van der Waals surface area (Å²) in [5, 5.41) is 7.24. The predicted molar refractivity (Wildman–Crippen MR) is 66.8 cm³/mol. The topological polar surface area (TPSA) is 76.5 Å². The largest absolute Gasteiger partial charge is 0.435 e. The number of hydrogen-bond acceptors (Lipinski definition) is 5. The molecule has 0 spiro atoms. The van der Waals surface area contributed by atoms with E-state index in [4.69, 9.17) is 5.73 Å². The van der Waals surface area contributed by atoms with Crippen LogP contribution < -0.4 is 5.73 Å². The van der Waals surface area contributed by atoms with Crippen molar-refractivity contribution in [3.05, 3.63) is 41.9 Å². The Balaban J connectivity index is 2.48. The highest BCUT2D eigenvalue weighted by Crippen LogP contribution is 2.38. The van der Waals surface area contributed by atoms with E-state index >= 15 is 0 Å². The molecule has 0 aliphatic rings. The van der Waals surface area contributed by atoms with Crippen molar-refractivity contribution in [3.63, 3.8) is 0 Å². The Labute approximate surface area is 112 Å². The maximum Gasteiger partial charge on any atom is 0.435 e. The Morgan fingerprint density at radius 2 is 1.70 bits per heavy atom. The Hall–Kier alpha value is -2.51. The molecule has 20 heavy (non-hydrogen) atoms. The van der Waals surface area contributed by atoms with Gasteiger partial charge in [0.25, 0.3) is 0 Å². The average molecular weight is 281 g/mol. The molecule has 104 valence electrons. The minimum absolute atomic E-state index is 0.0755. The monoisotopic (exact) mass is 281 g/mol. The average Bonchev–Trinajstić information content (AvgIpc) is 2.37. The van der Waals surface area contributed by atoms with Crippen LogP contribution in [-0.4, -0.2) is 9.97 Å². The highest BCUT2D eigenvalue weighted by atomic mass is 19.4. The third-order valence-corrected chi connectivity index (χ3v) is 2.31. The second-order valence-corrected chi connectivity index (χ2v) is 3.89. The first-order valence-electron chi connectivity index (χ1n) is 5.56. The molecule has 2 aromatic rings. The number of rotatable bonds is 2. The molecule has 5 nitrogen and oxygen atoms in total. The van der Waals surface area contributed by atoms with Crippen molar-refractivity contribution in [2.24, 2.45) is 10.2 Å². The SMILES string of the molecule is Cc1nc(N)c(/N=N/c2ccccc2)c(C(F)(F)F)n1. The minimum Gasteiger partial charge on any atom is -0.382 e. The molecule has 1 aromatic carbocycles. The predicted octanol–water partition coefficient (Wildman–Crippen LogP) is 3.80. The van der Waals surface area contributed by atoms with Crippen molar-refractivity contribution in [3.8, 4) is 0 Å². The van der Waals surface area contributed by atoms with Gasteiger partial charge in [0.05, 0.1) is 5.69 Å². The van der Waals surface area contributed by atoms with E-state index < -0.39 is 17.6 Å². The fraction of sp³-hybridized carbons (Fsp3) is 0.167. The molecule has 0 amide bonds. The number of aromatic nitrogens is 2. The van der Waals surface area contributed by atoms with Crippen LogP contribution in [0, 0.1) is 6.92 Å². The number of hydrogen-bond donors (Lipinski definition) is 1. The van der Waals surface area contributed by atoms with Gasteiger partial charge in [-0.3, -0.25) is 0 Å². The third kappa shape index (κ3) is 3.08. The van der Waals surface area contributed by atoms with E-state index in [2.05, 4.69) is 20.2 Å². The second-order valence-electron chi connectivity index (χ2n) is 3.89. The van der Waals surface area contributed by atoms with E-state index in [9.17, 15) is 13.2 Å². The smallest absolute Gasteiger partial charge is 0.382 e. The van der Waals surface area contributed by atoms with E-state index in [1.807, 2.05) is 0 Å². The summed E-state index contributed by atoms with van der Waals surface area (Å²) in [6.07, 6.45) is -4.67. The molecule has 0 aliphatic heterocycles. The number of nitrogens with zero attached hydrogens (tertiary/aromatic N) is 4. The van der Waals surface area contributed by atoms with Gasteiger partial charge in [-0.1, -0.05) is 18.2 Å². The van der Waals surface area contributed by atoms with Gasteiger partial charge in [0.1, 0.15) is 5.82 Å². The summed E-state index contributed by atoms with van der Waals surface area (Å²) in [6.45, 7) is 1.32. The lowest BCUT2D eigenvalue weighted by molar-refractivity contribution is -0.140. The van der Waals surface area contributed by atoms with Crippen molar-refractivity contribution < 1.29 is 13.2 Å². The number of halogens is 3. The molecule has 0 saturated carbocycles. The van der Waals surface area contributed by atoms with E-state index in [-0.39, 0.29) is 11.6 Å². The van der Waals surface area contributed by atoms with Gasteiger partial charge in [-0.15, -0.1) is 5.11 Å². The maximum atomic E-state index is 12.9. The highest BCUT2D eigenvalue weighted by Gasteiger charge is 2.37. The van der Waals surface area contributed by atoms with Gasteiger partial charge in [-0.05, 0) is 19.1 Å². The number of benzene rings is 1. The number of nitrogens with two attached hydrogens (primary N) is 1. The van der Waals surface area contributed by atoms with Gasteiger partial charge in [-0.2, -0.15) is 18.3 Å². The molecule has 2 rings (SSSR count). The summed E-state index contributed by atoms with van der Waals surface area (Å²) in [5.74, 6) is -0.432. The van der Waals surface area contributed by atoms with Crippen LogP contribution in [0.15, 0.2) is 40.6 Å². The van der Waals surface area contributed by atoms with E-state index in [0.29, 0.717) is 5.69 Å². The number of alkyl halides is 3. The van der Waals surface area contributed by atoms with Crippen LogP contribution in [-0.2, 0) is 6.18 Å². The maximum absolute atomic E-state index is 12.9. The van der Waals surface area contributed by atoms with Crippen LogP contribution >= 0.6 is 0 Å². The highest BCUT2D eigenvalue weighted by molar-refractivity contribution is 5.61. The van der Waals surface area contributed by atoms with Crippen LogP contribution in [0.1, 0.15) is 11.5 Å². The Kier molecular flexibility index (Phi) is 3.64.